The minimum Gasteiger partial charge on any atom is -0.443 e. The smallest absolute Gasteiger partial charge is 0.420 e. The first-order valence-corrected chi connectivity index (χ1v) is 7.17. The van der Waals surface area contributed by atoms with Crippen molar-refractivity contribution in [2.75, 3.05) is 0 Å². The average molecular weight is 310 g/mol. The van der Waals surface area contributed by atoms with E-state index in [2.05, 4.69) is 4.98 Å². The van der Waals surface area contributed by atoms with Crippen LogP contribution in [0.2, 0.25) is 0 Å². The fraction of sp³-hybridized carbons (Fsp3) is 0.500. The van der Waals surface area contributed by atoms with Crippen LogP contribution in [0.4, 0.5) is 13.6 Å². The second-order valence-electron chi connectivity index (χ2n) is 6.71. The molecule has 0 unspecified atom stereocenters. The molecule has 0 amide bonds. The molecule has 0 saturated carbocycles. The van der Waals surface area contributed by atoms with Crippen molar-refractivity contribution in [3.63, 3.8) is 0 Å². The fourth-order valence-corrected chi connectivity index (χ4v) is 2.23. The Morgan fingerprint density at radius 1 is 1.32 bits per heavy atom. The maximum Gasteiger partial charge on any atom is 0.420 e. The van der Waals surface area contributed by atoms with Crippen LogP contribution in [0, 0.1) is 17.6 Å². The van der Waals surface area contributed by atoms with Crippen molar-refractivity contribution >= 4 is 17.1 Å². The van der Waals surface area contributed by atoms with Gasteiger partial charge in [0.2, 0.25) is 0 Å². The van der Waals surface area contributed by atoms with E-state index in [0.717, 1.165) is 10.6 Å². The molecule has 2 aromatic rings. The number of rotatable bonds is 2. The highest BCUT2D eigenvalue weighted by Gasteiger charge is 2.24. The van der Waals surface area contributed by atoms with E-state index in [4.69, 9.17) is 4.74 Å². The zero-order valence-corrected chi connectivity index (χ0v) is 13.4. The van der Waals surface area contributed by atoms with Crippen LogP contribution >= 0.6 is 0 Å². The van der Waals surface area contributed by atoms with Crippen molar-refractivity contribution in [1.82, 2.24) is 9.55 Å². The Morgan fingerprint density at radius 3 is 2.50 bits per heavy atom. The van der Waals surface area contributed by atoms with Gasteiger partial charge < -0.3 is 4.74 Å². The number of imidazole rings is 1. The van der Waals surface area contributed by atoms with Gasteiger partial charge in [-0.1, -0.05) is 13.8 Å². The first-order valence-electron chi connectivity index (χ1n) is 7.17. The van der Waals surface area contributed by atoms with E-state index in [-0.39, 0.29) is 17.0 Å². The van der Waals surface area contributed by atoms with Gasteiger partial charge in [-0.05, 0) is 33.1 Å². The minimum absolute atomic E-state index is 0.0497. The number of aromatic nitrogens is 2. The SMILES string of the molecule is CC(C)Cc1c(F)cc(F)c2c1ncn2C(=O)OC(C)(C)C. The molecule has 0 aliphatic carbocycles. The Balaban J connectivity index is 2.58. The molecule has 0 saturated heterocycles. The van der Waals surface area contributed by atoms with Gasteiger partial charge in [-0.3, -0.25) is 0 Å². The monoisotopic (exact) mass is 310 g/mol. The second kappa shape index (κ2) is 5.66. The van der Waals surface area contributed by atoms with E-state index in [1.54, 1.807) is 20.8 Å². The molecular formula is C16H20F2N2O2. The zero-order valence-electron chi connectivity index (χ0n) is 13.4. The van der Waals surface area contributed by atoms with E-state index in [1.807, 2.05) is 13.8 Å². The summed E-state index contributed by atoms with van der Waals surface area (Å²) in [6.45, 7) is 9.00. The highest BCUT2D eigenvalue weighted by molar-refractivity contribution is 5.89. The summed E-state index contributed by atoms with van der Waals surface area (Å²) in [5.74, 6) is -1.30. The van der Waals surface area contributed by atoms with Gasteiger partial charge in [-0.2, -0.15) is 0 Å². The number of carbonyl (C=O) groups excluding carboxylic acids is 1. The fourth-order valence-electron chi connectivity index (χ4n) is 2.23. The van der Waals surface area contributed by atoms with Crippen molar-refractivity contribution in [3.8, 4) is 0 Å². The molecule has 2 rings (SSSR count). The summed E-state index contributed by atoms with van der Waals surface area (Å²) in [6.07, 6.45) is 0.843. The van der Waals surface area contributed by atoms with Gasteiger partial charge in [0.1, 0.15) is 23.3 Å². The molecule has 1 heterocycles. The van der Waals surface area contributed by atoms with Crippen LogP contribution in [0.1, 0.15) is 40.2 Å². The molecule has 120 valence electrons. The topological polar surface area (TPSA) is 44.1 Å². The summed E-state index contributed by atoms with van der Waals surface area (Å²) in [7, 11) is 0. The van der Waals surface area contributed by atoms with Crippen molar-refractivity contribution in [2.24, 2.45) is 5.92 Å². The first kappa shape index (κ1) is 16.4. The van der Waals surface area contributed by atoms with E-state index in [1.165, 1.54) is 6.33 Å². The lowest BCUT2D eigenvalue weighted by Gasteiger charge is -2.19. The Morgan fingerprint density at radius 2 is 1.95 bits per heavy atom. The van der Waals surface area contributed by atoms with E-state index >= 15 is 0 Å². The van der Waals surface area contributed by atoms with Crippen molar-refractivity contribution < 1.29 is 18.3 Å². The standard InChI is InChI=1S/C16H20F2N2O2/c1-9(2)6-10-11(17)7-12(18)14-13(10)19-8-20(14)15(21)22-16(3,4)5/h7-9H,6H2,1-5H3. The van der Waals surface area contributed by atoms with Crippen molar-refractivity contribution in [2.45, 2.75) is 46.6 Å². The highest BCUT2D eigenvalue weighted by atomic mass is 19.1. The third kappa shape index (κ3) is 3.26. The summed E-state index contributed by atoms with van der Waals surface area (Å²) in [5, 5.41) is 0. The summed E-state index contributed by atoms with van der Waals surface area (Å²) in [4.78, 5) is 16.2. The lowest BCUT2D eigenvalue weighted by molar-refractivity contribution is 0.0542. The van der Waals surface area contributed by atoms with Crippen LogP contribution in [0.3, 0.4) is 0 Å². The molecule has 0 fully saturated rings. The van der Waals surface area contributed by atoms with Gasteiger partial charge in [0, 0.05) is 11.6 Å². The Bertz CT molecular complexity index is 715. The maximum absolute atomic E-state index is 14.1. The lowest BCUT2D eigenvalue weighted by Crippen LogP contribution is -2.27. The van der Waals surface area contributed by atoms with Gasteiger partial charge in [0.05, 0.1) is 5.52 Å². The Labute approximate surface area is 128 Å². The summed E-state index contributed by atoms with van der Waals surface area (Å²) in [5.41, 5.74) is -0.289. The second-order valence-corrected chi connectivity index (χ2v) is 6.71. The number of fused-ring (bicyclic) bond motifs is 1. The maximum atomic E-state index is 14.1. The minimum atomic E-state index is -0.830. The van der Waals surface area contributed by atoms with E-state index in [0.29, 0.717) is 12.0 Å². The number of hydrogen-bond acceptors (Lipinski definition) is 3. The molecule has 0 atom stereocenters. The first-order chi connectivity index (χ1) is 10.1. The molecule has 1 aromatic heterocycles. The van der Waals surface area contributed by atoms with Gasteiger partial charge in [-0.15, -0.1) is 0 Å². The lowest BCUT2D eigenvalue weighted by atomic mass is 10.0. The van der Waals surface area contributed by atoms with Gasteiger partial charge in [-0.25, -0.2) is 23.1 Å². The summed E-state index contributed by atoms with van der Waals surface area (Å²) in [6, 6.07) is 0.794. The predicted octanol–water partition coefficient (Wildman–Crippen LogP) is 4.30. The molecule has 1 aromatic carbocycles. The quantitative estimate of drug-likeness (QED) is 0.831. The van der Waals surface area contributed by atoms with Crippen molar-refractivity contribution in [3.05, 3.63) is 29.6 Å². The van der Waals surface area contributed by atoms with Crippen LogP contribution in [0.5, 0.6) is 0 Å². The van der Waals surface area contributed by atoms with Gasteiger partial charge >= 0.3 is 6.09 Å². The molecule has 6 heteroatoms. The van der Waals surface area contributed by atoms with E-state index in [9.17, 15) is 13.6 Å². The third-order valence-corrected chi connectivity index (χ3v) is 3.02. The molecule has 4 nitrogen and oxygen atoms in total. The van der Waals surface area contributed by atoms with Crippen LogP contribution in [0.25, 0.3) is 11.0 Å². The zero-order chi connectivity index (χ0) is 16.7. The number of ether oxygens (including phenoxy) is 1. The number of hydrogen-bond donors (Lipinski definition) is 0. The molecule has 0 bridgehead atoms. The van der Waals surface area contributed by atoms with Crippen molar-refractivity contribution in [1.29, 1.82) is 0 Å². The Kier molecular flexibility index (Phi) is 4.22. The molecule has 0 radical (unpaired) electrons. The van der Waals surface area contributed by atoms with Crippen LogP contribution < -0.4 is 0 Å². The molecule has 0 N–H and O–H groups in total. The molecule has 0 aliphatic rings. The molecular weight excluding hydrogens is 290 g/mol. The predicted molar refractivity (Wildman–Crippen MR) is 79.8 cm³/mol. The number of nitrogens with zero attached hydrogens (tertiary/aromatic N) is 2. The number of halogens is 2. The van der Waals surface area contributed by atoms with Gasteiger partial charge in [0.25, 0.3) is 0 Å². The summed E-state index contributed by atoms with van der Waals surface area (Å²) < 4.78 is 34.4. The molecule has 0 aliphatic heterocycles. The number of carbonyl (C=O) groups is 1. The number of benzene rings is 1. The normalized spacial score (nSPS) is 12.2. The van der Waals surface area contributed by atoms with Gasteiger partial charge in [0.15, 0.2) is 5.82 Å². The Hall–Kier alpha value is -1.98. The average Bonchev–Trinajstić information content (AvgIpc) is 2.77. The summed E-state index contributed by atoms with van der Waals surface area (Å²) >= 11 is 0. The highest BCUT2D eigenvalue weighted by Crippen LogP contribution is 2.26. The van der Waals surface area contributed by atoms with E-state index < -0.39 is 23.3 Å². The van der Waals surface area contributed by atoms with Crippen LogP contribution in [-0.2, 0) is 11.2 Å². The molecule has 22 heavy (non-hydrogen) atoms. The van der Waals surface area contributed by atoms with Crippen LogP contribution in [0.15, 0.2) is 12.4 Å². The largest absolute Gasteiger partial charge is 0.443 e. The molecule has 0 spiro atoms. The third-order valence-electron chi connectivity index (χ3n) is 3.02. The van der Waals surface area contributed by atoms with Crippen LogP contribution in [-0.4, -0.2) is 21.2 Å².